The van der Waals surface area contributed by atoms with E-state index >= 15 is 0 Å². The summed E-state index contributed by atoms with van der Waals surface area (Å²) in [5, 5.41) is 3.51. The molecule has 144 valence electrons. The molecule has 0 heterocycles. The van der Waals surface area contributed by atoms with Gasteiger partial charge in [-0.2, -0.15) is 0 Å². The van der Waals surface area contributed by atoms with Crippen LogP contribution in [0.1, 0.15) is 5.56 Å². The van der Waals surface area contributed by atoms with Crippen molar-refractivity contribution in [3.63, 3.8) is 0 Å². The molecule has 0 saturated carbocycles. The van der Waals surface area contributed by atoms with E-state index in [0.29, 0.717) is 0 Å². The normalized spacial score (nSPS) is 10.6. The van der Waals surface area contributed by atoms with Gasteiger partial charge in [-0.25, -0.2) is 0 Å². The average Bonchev–Trinajstić information content (AvgIpc) is 2.75. The van der Waals surface area contributed by atoms with Crippen molar-refractivity contribution in [2.75, 3.05) is 12.4 Å². The molecule has 4 aromatic rings. The molecule has 0 amide bonds. The zero-order chi connectivity index (χ0) is 20.2. The van der Waals surface area contributed by atoms with Crippen molar-refractivity contribution in [3.05, 3.63) is 101 Å². The van der Waals surface area contributed by atoms with Gasteiger partial charge in [0.05, 0.1) is 7.11 Å². The van der Waals surface area contributed by atoms with Gasteiger partial charge in [0, 0.05) is 21.4 Å². The number of hydrogen-bond acceptors (Lipinski definition) is 2. The average molecular weight is 444 g/mol. The molecule has 0 spiro atoms. The van der Waals surface area contributed by atoms with Gasteiger partial charge < -0.3 is 10.1 Å². The molecule has 4 rings (SSSR count). The summed E-state index contributed by atoms with van der Waals surface area (Å²) in [7, 11) is 1.71. The van der Waals surface area contributed by atoms with Crippen LogP contribution < -0.4 is 10.1 Å². The van der Waals surface area contributed by atoms with E-state index in [1.54, 1.807) is 7.11 Å². The highest BCUT2D eigenvalue weighted by Crippen LogP contribution is 2.35. The van der Waals surface area contributed by atoms with Crippen molar-refractivity contribution in [1.82, 2.24) is 0 Å². The predicted octanol–water partition coefficient (Wildman–Crippen LogP) is 7.84. The van der Waals surface area contributed by atoms with Crippen molar-refractivity contribution in [2.45, 2.75) is 6.92 Å². The van der Waals surface area contributed by atoms with Crippen molar-refractivity contribution in [2.24, 2.45) is 0 Å². The van der Waals surface area contributed by atoms with Crippen LogP contribution in [-0.4, -0.2) is 7.11 Å². The minimum absolute atomic E-state index is 0.871. The summed E-state index contributed by atoms with van der Waals surface area (Å²) in [5.74, 6) is 0.871. The number of nitrogens with one attached hydrogen (secondary N) is 1. The maximum absolute atomic E-state index is 5.60. The van der Waals surface area contributed by atoms with Crippen molar-refractivity contribution >= 4 is 27.3 Å². The molecule has 0 aliphatic carbocycles. The van der Waals surface area contributed by atoms with Gasteiger partial charge >= 0.3 is 0 Å². The Hall–Kier alpha value is -3.04. The van der Waals surface area contributed by atoms with E-state index in [1.807, 2.05) is 12.1 Å². The fraction of sp³-hybridized carbons (Fsp3) is 0.0769. The fourth-order valence-electron chi connectivity index (χ4n) is 3.43. The predicted molar refractivity (Wildman–Crippen MR) is 126 cm³/mol. The summed E-state index contributed by atoms with van der Waals surface area (Å²) in [6.07, 6.45) is 0. The molecule has 0 bridgehead atoms. The van der Waals surface area contributed by atoms with Gasteiger partial charge in [-0.05, 0) is 71.6 Å². The Bertz CT molecular complexity index is 1120. The monoisotopic (exact) mass is 443 g/mol. The molecule has 29 heavy (non-hydrogen) atoms. The minimum atomic E-state index is 0.871. The molecule has 0 aliphatic heterocycles. The van der Waals surface area contributed by atoms with Gasteiger partial charge in [0.1, 0.15) is 5.75 Å². The first-order valence-corrected chi connectivity index (χ1v) is 10.3. The molecule has 0 atom stereocenters. The second-order valence-electron chi connectivity index (χ2n) is 6.94. The van der Waals surface area contributed by atoms with Gasteiger partial charge in [0.25, 0.3) is 0 Å². The van der Waals surface area contributed by atoms with Crippen LogP contribution in [0.2, 0.25) is 0 Å². The number of aryl methyl sites for hydroxylation is 1. The Morgan fingerprint density at radius 2 is 1.31 bits per heavy atom. The molecule has 0 unspecified atom stereocenters. The first-order chi connectivity index (χ1) is 14.1. The Labute approximate surface area is 180 Å². The number of methoxy groups -OCH3 is 1. The molecule has 0 saturated heterocycles. The minimum Gasteiger partial charge on any atom is -0.496 e. The molecule has 2 nitrogen and oxygen atoms in total. The third-order valence-corrected chi connectivity index (χ3v) is 5.51. The van der Waals surface area contributed by atoms with E-state index in [4.69, 9.17) is 4.74 Å². The number of halogens is 1. The van der Waals surface area contributed by atoms with E-state index in [1.165, 1.54) is 22.3 Å². The number of ether oxygens (including phenoxy) is 1. The van der Waals surface area contributed by atoms with Crippen LogP contribution in [0.25, 0.3) is 22.3 Å². The van der Waals surface area contributed by atoms with Crippen molar-refractivity contribution in [3.8, 4) is 28.0 Å². The van der Waals surface area contributed by atoms with E-state index in [9.17, 15) is 0 Å². The van der Waals surface area contributed by atoms with Crippen LogP contribution in [-0.2, 0) is 0 Å². The molecule has 3 heteroatoms. The lowest BCUT2D eigenvalue weighted by molar-refractivity contribution is 0.416. The third kappa shape index (κ3) is 4.36. The summed E-state index contributed by atoms with van der Waals surface area (Å²) >= 11 is 3.49. The van der Waals surface area contributed by atoms with Crippen LogP contribution in [0.5, 0.6) is 5.75 Å². The molecule has 4 aromatic carbocycles. The van der Waals surface area contributed by atoms with Gasteiger partial charge in [-0.15, -0.1) is 0 Å². The lowest BCUT2D eigenvalue weighted by atomic mass is 9.99. The quantitative estimate of drug-likeness (QED) is 0.339. The van der Waals surface area contributed by atoms with Crippen LogP contribution in [0, 0.1) is 6.92 Å². The highest BCUT2D eigenvalue weighted by Gasteiger charge is 2.09. The standard InChI is InChI=1S/C26H22BrNO/c1-18-5-3-4-6-24(18)25-17-23(15-16-26(25)29-2)28-22-13-9-20(10-14-22)19-7-11-21(27)12-8-19/h3-17,28H,1-2H3. The number of benzene rings is 4. The van der Waals surface area contributed by atoms with E-state index in [0.717, 1.165) is 27.2 Å². The van der Waals surface area contributed by atoms with Crippen LogP contribution >= 0.6 is 15.9 Å². The summed E-state index contributed by atoms with van der Waals surface area (Å²) in [6.45, 7) is 2.12. The Morgan fingerprint density at radius 3 is 1.97 bits per heavy atom. The highest BCUT2D eigenvalue weighted by atomic mass is 79.9. The molecule has 1 N–H and O–H groups in total. The fourth-order valence-corrected chi connectivity index (χ4v) is 3.69. The second kappa shape index (κ2) is 8.54. The van der Waals surface area contributed by atoms with Crippen molar-refractivity contribution in [1.29, 1.82) is 0 Å². The summed E-state index contributed by atoms with van der Waals surface area (Å²) in [5.41, 5.74) is 7.96. The number of anilines is 2. The number of hydrogen-bond donors (Lipinski definition) is 1. The molecule has 0 radical (unpaired) electrons. The van der Waals surface area contributed by atoms with E-state index in [-0.39, 0.29) is 0 Å². The first-order valence-electron chi connectivity index (χ1n) is 9.51. The van der Waals surface area contributed by atoms with Crippen LogP contribution in [0.15, 0.2) is 95.5 Å². The highest BCUT2D eigenvalue weighted by molar-refractivity contribution is 9.10. The summed E-state index contributed by atoms with van der Waals surface area (Å²) in [4.78, 5) is 0. The Kier molecular flexibility index (Phi) is 5.68. The number of rotatable bonds is 5. The third-order valence-electron chi connectivity index (χ3n) is 4.99. The Balaban J connectivity index is 1.60. The van der Waals surface area contributed by atoms with Crippen LogP contribution in [0.4, 0.5) is 11.4 Å². The molecule has 0 aliphatic rings. The molecule has 0 aromatic heterocycles. The maximum Gasteiger partial charge on any atom is 0.126 e. The van der Waals surface area contributed by atoms with Gasteiger partial charge in [0.2, 0.25) is 0 Å². The molecular formula is C26H22BrNO. The largest absolute Gasteiger partial charge is 0.496 e. The van der Waals surface area contributed by atoms with Crippen LogP contribution in [0.3, 0.4) is 0 Å². The van der Waals surface area contributed by atoms with E-state index < -0.39 is 0 Å². The van der Waals surface area contributed by atoms with Gasteiger partial charge in [-0.3, -0.25) is 0 Å². The topological polar surface area (TPSA) is 21.3 Å². The zero-order valence-electron chi connectivity index (χ0n) is 16.4. The SMILES string of the molecule is COc1ccc(Nc2ccc(-c3ccc(Br)cc3)cc2)cc1-c1ccccc1C. The Morgan fingerprint density at radius 1 is 0.690 bits per heavy atom. The lowest BCUT2D eigenvalue weighted by Gasteiger charge is -2.14. The second-order valence-corrected chi connectivity index (χ2v) is 7.85. The summed E-state index contributed by atoms with van der Waals surface area (Å²) < 4.78 is 6.69. The van der Waals surface area contributed by atoms with Gasteiger partial charge in [0.15, 0.2) is 0 Å². The molecular weight excluding hydrogens is 422 g/mol. The van der Waals surface area contributed by atoms with Crippen molar-refractivity contribution < 1.29 is 4.74 Å². The summed E-state index contributed by atoms with van der Waals surface area (Å²) in [6, 6.07) is 31.4. The van der Waals surface area contributed by atoms with Gasteiger partial charge in [-0.1, -0.05) is 64.5 Å². The zero-order valence-corrected chi connectivity index (χ0v) is 18.0. The molecule has 0 fully saturated rings. The first kappa shape index (κ1) is 19.3. The maximum atomic E-state index is 5.60. The smallest absolute Gasteiger partial charge is 0.126 e. The lowest BCUT2D eigenvalue weighted by Crippen LogP contribution is -1.94. The van der Waals surface area contributed by atoms with E-state index in [2.05, 4.69) is 107 Å².